The quantitative estimate of drug-likeness (QED) is 0.532. The van der Waals surface area contributed by atoms with Crippen LogP contribution in [0.1, 0.15) is 33.7 Å². The van der Waals surface area contributed by atoms with Crippen LogP contribution in [0, 0.1) is 13.8 Å². The highest BCUT2D eigenvalue weighted by Crippen LogP contribution is 2.34. The summed E-state index contributed by atoms with van der Waals surface area (Å²) < 4.78 is 5.19. The minimum atomic E-state index is -1.20. The van der Waals surface area contributed by atoms with E-state index in [4.69, 9.17) is 10.5 Å². The first kappa shape index (κ1) is 21.2. The number of imide groups is 1. The summed E-state index contributed by atoms with van der Waals surface area (Å²) in [5.41, 5.74) is 7.84. The summed E-state index contributed by atoms with van der Waals surface area (Å²) in [4.78, 5) is 45.9. The molecule has 156 valence electrons. The van der Waals surface area contributed by atoms with Crippen LogP contribution in [-0.4, -0.2) is 34.0 Å². The van der Waals surface area contributed by atoms with Crippen molar-refractivity contribution in [3.05, 3.63) is 52.3 Å². The van der Waals surface area contributed by atoms with E-state index >= 15 is 0 Å². The Hall–Kier alpha value is -3.53. The first-order chi connectivity index (χ1) is 14.3. The number of fused-ring (bicyclic) bond motifs is 1. The predicted octanol–water partition coefficient (Wildman–Crippen LogP) is 2.46. The van der Waals surface area contributed by atoms with Gasteiger partial charge in [0.15, 0.2) is 6.10 Å². The Balaban J connectivity index is 1.60. The molecule has 3 aromatic rings. The third kappa shape index (κ3) is 4.71. The molecule has 0 bridgehead atoms. The highest BCUT2D eigenvalue weighted by atomic mass is 32.1. The van der Waals surface area contributed by atoms with E-state index in [1.807, 2.05) is 30.3 Å². The number of nitrogens with one attached hydrogen (secondary N) is 2. The van der Waals surface area contributed by atoms with Gasteiger partial charge >= 0.3 is 12.0 Å². The van der Waals surface area contributed by atoms with Crippen molar-refractivity contribution in [3.63, 3.8) is 0 Å². The lowest BCUT2D eigenvalue weighted by molar-refractivity contribution is -0.127. The number of esters is 1. The molecule has 0 saturated heterocycles. The number of anilines is 1. The molecule has 1 unspecified atom stereocenters. The summed E-state index contributed by atoms with van der Waals surface area (Å²) in [6.45, 7) is 5.15. The van der Waals surface area contributed by atoms with E-state index in [-0.39, 0.29) is 17.1 Å². The van der Waals surface area contributed by atoms with Gasteiger partial charge in [-0.25, -0.2) is 19.6 Å². The maximum atomic E-state index is 12.5. The van der Waals surface area contributed by atoms with Gasteiger partial charge in [-0.2, -0.15) is 0 Å². The smallest absolute Gasteiger partial charge is 0.351 e. The summed E-state index contributed by atoms with van der Waals surface area (Å²) in [6, 6.07) is 8.55. The number of carbonyl (C=O) groups is 3. The largest absolute Gasteiger partial charge is 0.448 e. The number of hydrogen-bond donors (Lipinski definition) is 3. The normalized spacial score (nSPS) is 11.7. The number of hydrogen-bond acceptors (Lipinski definition) is 8. The Kier molecular flexibility index (Phi) is 6.26. The third-order valence-electron chi connectivity index (χ3n) is 4.25. The fraction of sp³-hybridized carbons (Fsp3) is 0.250. The van der Waals surface area contributed by atoms with Crippen LogP contribution in [-0.2, 0) is 16.1 Å². The van der Waals surface area contributed by atoms with Gasteiger partial charge in [-0.3, -0.25) is 10.1 Å². The van der Waals surface area contributed by atoms with E-state index in [2.05, 4.69) is 20.6 Å². The Bertz CT molecular complexity index is 1110. The second-order valence-electron chi connectivity index (χ2n) is 6.59. The van der Waals surface area contributed by atoms with Crippen LogP contribution < -0.4 is 16.4 Å². The number of aryl methyl sites for hydroxylation is 2. The zero-order valence-electron chi connectivity index (χ0n) is 16.7. The number of aromatic nitrogens is 2. The molecule has 0 saturated carbocycles. The van der Waals surface area contributed by atoms with Gasteiger partial charge in [0.25, 0.3) is 5.91 Å². The second-order valence-corrected chi connectivity index (χ2v) is 7.59. The number of nitrogen functional groups attached to an aromatic ring is 1. The summed E-state index contributed by atoms with van der Waals surface area (Å²) in [7, 11) is 0. The molecule has 1 atom stereocenters. The SMILES string of the molecule is Cc1nc(C)c2c(N)c(C(=O)OC(C)C(=O)NC(=O)NCc3ccccc3)sc2n1. The first-order valence-corrected chi connectivity index (χ1v) is 9.94. The molecule has 0 aliphatic heterocycles. The summed E-state index contributed by atoms with van der Waals surface area (Å²) in [6.07, 6.45) is -1.20. The first-order valence-electron chi connectivity index (χ1n) is 9.13. The fourth-order valence-corrected chi connectivity index (χ4v) is 3.86. The number of nitrogens with two attached hydrogens (primary N) is 1. The van der Waals surface area contributed by atoms with Crippen molar-refractivity contribution in [2.24, 2.45) is 0 Å². The maximum absolute atomic E-state index is 12.5. The van der Waals surface area contributed by atoms with Gasteiger partial charge in [-0.1, -0.05) is 30.3 Å². The molecule has 9 nitrogen and oxygen atoms in total. The van der Waals surface area contributed by atoms with Crippen molar-refractivity contribution in [2.45, 2.75) is 33.4 Å². The van der Waals surface area contributed by atoms with Crippen LogP contribution in [0.15, 0.2) is 30.3 Å². The third-order valence-corrected chi connectivity index (χ3v) is 5.33. The zero-order chi connectivity index (χ0) is 21.8. The summed E-state index contributed by atoms with van der Waals surface area (Å²) >= 11 is 1.07. The Morgan fingerprint density at radius 3 is 2.57 bits per heavy atom. The number of rotatable bonds is 5. The minimum Gasteiger partial charge on any atom is -0.448 e. The van der Waals surface area contributed by atoms with Crippen LogP contribution in [0.25, 0.3) is 10.2 Å². The number of carbonyl (C=O) groups excluding carboxylic acids is 3. The van der Waals surface area contributed by atoms with Crippen molar-refractivity contribution in [1.82, 2.24) is 20.6 Å². The van der Waals surface area contributed by atoms with Crippen molar-refractivity contribution in [2.75, 3.05) is 5.73 Å². The predicted molar refractivity (Wildman–Crippen MR) is 113 cm³/mol. The van der Waals surface area contributed by atoms with E-state index in [0.717, 1.165) is 16.9 Å². The number of urea groups is 1. The molecule has 10 heteroatoms. The average Bonchev–Trinajstić information content (AvgIpc) is 3.03. The van der Waals surface area contributed by atoms with Gasteiger partial charge in [-0.05, 0) is 26.3 Å². The van der Waals surface area contributed by atoms with E-state index in [1.54, 1.807) is 13.8 Å². The molecule has 2 aromatic heterocycles. The van der Waals surface area contributed by atoms with Crippen LogP contribution in [0.2, 0.25) is 0 Å². The average molecular weight is 427 g/mol. The van der Waals surface area contributed by atoms with E-state index in [1.165, 1.54) is 6.92 Å². The van der Waals surface area contributed by atoms with Crippen molar-refractivity contribution in [3.8, 4) is 0 Å². The number of nitrogens with zero attached hydrogens (tertiary/aromatic N) is 2. The maximum Gasteiger partial charge on any atom is 0.351 e. The monoisotopic (exact) mass is 427 g/mol. The van der Waals surface area contributed by atoms with Crippen LogP contribution >= 0.6 is 11.3 Å². The van der Waals surface area contributed by atoms with Crippen LogP contribution in [0.3, 0.4) is 0 Å². The molecular weight excluding hydrogens is 406 g/mol. The lowest BCUT2D eigenvalue weighted by Gasteiger charge is -2.13. The molecule has 0 aliphatic rings. The Morgan fingerprint density at radius 2 is 1.87 bits per heavy atom. The molecule has 0 aliphatic carbocycles. The number of benzene rings is 1. The van der Waals surface area contributed by atoms with E-state index in [9.17, 15) is 14.4 Å². The molecule has 2 heterocycles. The number of ether oxygens (including phenoxy) is 1. The molecule has 0 spiro atoms. The highest BCUT2D eigenvalue weighted by molar-refractivity contribution is 7.21. The Labute approximate surface area is 176 Å². The molecule has 3 amide bonds. The molecule has 0 fully saturated rings. The van der Waals surface area contributed by atoms with E-state index in [0.29, 0.717) is 21.7 Å². The van der Waals surface area contributed by atoms with Gasteiger partial charge in [0.1, 0.15) is 15.5 Å². The Morgan fingerprint density at radius 1 is 1.17 bits per heavy atom. The molecular formula is C20H21N5O4S. The molecule has 0 radical (unpaired) electrons. The van der Waals surface area contributed by atoms with Crippen LogP contribution in [0.4, 0.5) is 10.5 Å². The van der Waals surface area contributed by atoms with Crippen molar-refractivity contribution in [1.29, 1.82) is 0 Å². The van der Waals surface area contributed by atoms with Gasteiger partial charge in [0.05, 0.1) is 16.8 Å². The summed E-state index contributed by atoms with van der Waals surface area (Å²) in [5.74, 6) is -0.948. The summed E-state index contributed by atoms with van der Waals surface area (Å²) in [5, 5.41) is 5.30. The zero-order valence-corrected chi connectivity index (χ0v) is 17.5. The second kappa shape index (κ2) is 8.87. The van der Waals surface area contributed by atoms with Crippen molar-refractivity contribution >= 4 is 45.1 Å². The molecule has 4 N–H and O–H groups in total. The van der Waals surface area contributed by atoms with Gasteiger partial charge < -0.3 is 15.8 Å². The molecule has 1 aromatic carbocycles. The lowest BCUT2D eigenvalue weighted by Crippen LogP contribution is -2.44. The fourth-order valence-electron chi connectivity index (χ4n) is 2.79. The van der Waals surface area contributed by atoms with Crippen molar-refractivity contribution < 1.29 is 19.1 Å². The standard InChI is InChI=1S/C20H21N5O4S/c1-10-14-15(21)16(30-18(14)24-12(3)23-10)19(27)29-11(2)17(26)25-20(28)22-9-13-7-5-4-6-8-13/h4-8,11H,9,21H2,1-3H3,(H2,22,25,26,28). The van der Waals surface area contributed by atoms with Crippen LogP contribution in [0.5, 0.6) is 0 Å². The van der Waals surface area contributed by atoms with Gasteiger partial charge in [0, 0.05) is 6.54 Å². The number of thiophene rings is 1. The molecule has 3 rings (SSSR count). The number of amides is 3. The topological polar surface area (TPSA) is 136 Å². The molecule has 30 heavy (non-hydrogen) atoms. The lowest BCUT2D eigenvalue weighted by atomic mass is 10.2. The van der Waals surface area contributed by atoms with E-state index < -0.39 is 24.0 Å². The minimum absolute atomic E-state index is 0.140. The highest BCUT2D eigenvalue weighted by Gasteiger charge is 2.25. The van der Waals surface area contributed by atoms with Gasteiger partial charge in [0.2, 0.25) is 0 Å². The van der Waals surface area contributed by atoms with Gasteiger partial charge in [-0.15, -0.1) is 11.3 Å².